The van der Waals surface area contributed by atoms with Crippen LogP contribution in [0.3, 0.4) is 0 Å². The number of ether oxygens (including phenoxy) is 1. The van der Waals surface area contributed by atoms with Crippen LogP contribution in [-0.4, -0.2) is 40.4 Å². The summed E-state index contributed by atoms with van der Waals surface area (Å²) in [7, 11) is 0. The fourth-order valence-electron chi connectivity index (χ4n) is 1.55. The van der Waals surface area contributed by atoms with Crippen molar-refractivity contribution in [3.63, 3.8) is 0 Å². The molecule has 0 bridgehead atoms. The summed E-state index contributed by atoms with van der Waals surface area (Å²) in [5, 5.41) is 9.38. The van der Waals surface area contributed by atoms with Gasteiger partial charge in [0.25, 0.3) is 0 Å². The molecule has 1 rings (SSSR count). The third-order valence-corrected chi connectivity index (χ3v) is 2.27. The first kappa shape index (κ1) is 11.3. The van der Waals surface area contributed by atoms with Crippen molar-refractivity contribution in [1.29, 1.82) is 0 Å². The summed E-state index contributed by atoms with van der Waals surface area (Å²) in [6, 6.07) is -0.0650. The molecule has 14 heavy (non-hydrogen) atoms. The fourth-order valence-corrected chi connectivity index (χ4v) is 1.55. The van der Waals surface area contributed by atoms with Crippen LogP contribution in [0.2, 0.25) is 0 Å². The molecular weight excluding hydrogens is 182 g/mol. The standard InChI is InChI=1S/C10H19NO3/c1-5-7-8(12)6-11(7)9(13)14-10(2,3)4/h7-8,12H,5-6H2,1-4H3/t7-,8-/m1/s1. The number of carbonyl (C=O) groups is 1. The molecule has 1 N–H and O–H groups in total. The summed E-state index contributed by atoms with van der Waals surface area (Å²) >= 11 is 0. The lowest BCUT2D eigenvalue weighted by atomic mass is 9.98. The van der Waals surface area contributed by atoms with Gasteiger partial charge in [-0.05, 0) is 27.2 Å². The van der Waals surface area contributed by atoms with Crippen LogP contribution in [0.15, 0.2) is 0 Å². The molecule has 0 aromatic carbocycles. The molecule has 0 unspecified atom stereocenters. The molecule has 0 aliphatic carbocycles. The van der Waals surface area contributed by atoms with E-state index in [9.17, 15) is 9.90 Å². The van der Waals surface area contributed by atoms with Crippen LogP contribution in [0.4, 0.5) is 4.79 Å². The normalized spacial score (nSPS) is 27.1. The third kappa shape index (κ3) is 2.38. The molecule has 4 nitrogen and oxygen atoms in total. The van der Waals surface area contributed by atoms with Crippen molar-refractivity contribution < 1.29 is 14.6 Å². The second-order valence-electron chi connectivity index (χ2n) is 4.68. The number of hydrogen-bond acceptors (Lipinski definition) is 3. The highest BCUT2D eigenvalue weighted by molar-refractivity contribution is 5.69. The molecule has 2 atom stereocenters. The maximum Gasteiger partial charge on any atom is 0.410 e. The minimum absolute atomic E-state index is 0.0650. The molecule has 82 valence electrons. The zero-order valence-electron chi connectivity index (χ0n) is 9.28. The van der Waals surface area contributed by atoms with E-state index in [0.29, 0.717) is 6.54 Å². The monoisotopic (exact) mass is 201 g/mol. The van der Waals surface area contributed by atoms with Gasteiger partial charge in [-0.2, -0.15) is 0 Å². The van der Waals surface area contributed by atoms with Crippen molar-refractivity contribution in [2.24, 2.45) is 0 Å². The molecule has 0 spiro atoms. The predicted molar refractivity (Wildman–Crippen MR) is 53.0 cm³/mol. The highest BCUT2D eigenvalue weighted by Gasteiger charge is 2.41. The summed E-state index contributed by atoms with van der Waals surface area (Å²) in [4.78, 5) is 13.1. The van der Waals surface area contributed by atoms with E-state index < -0.39 is 5.60 Å². The van der Waals surface area contributed by atoms with Crippen LogP contribution in [0.5, 0.6) is 0 Å². The highest BCUT2D eigenvalue weighted by atomic mass is 16.6. The van der Waals surface area contributed by atoms with Crippen LogP contribution >= 0.6 is 0 Å². The number of aliphatic hydroxyl groups is 1. The SMILES string of the molecule is CC[C@@H]1[C@H](O)CN1C(=O)OC(C)(C)C. The van der Waals surface area contributed by atoms with E-state index in [4.69, 9.17) is 4.74 Å². The molecule has 1 aliphatic heterocycles. The Labute approximate surface area is 84.8 Å². The Hall–Kier alpha value is -0.770. The van der Waals surface area contributed by atoms with E-state index in [1.165, 1.54) is 0 Å². The first-order valence-corrected chi connectivity index (χ1v) is 5.03. The number of hydrogen-bond donors (Lipinski definition) is 1. The summed E-state index contributed by atoms with van der Waals surface area (Å²) in [5.74, 6) is 0. The van der Waals surface area contributed by atoms with Gasteiger partial charge < -0.3 is 9.84 Å². The van der Waals surface area contributed by atoms with Crippen LogP contribution in [0.25, 0.3) is 0 Å². The second-order valence-corrected chi connectivity index (χ2v) is 4.68. The first-order chi connectivity index (χ1) is 6.35. The van der Waals surface area contributed by atoms with Gasteiger partial charge in [-0.3, -0.25) is 4.90 Å². The van der Waals surface area contributed by atoms with Crippen LogP contribution in [-0.2, 0) is 4.74 Å². The number of carbonyl (C=O) groups excluding carboxylic acids is 1. The molecule has 1 saturated heterocycles. The molecule has 1 fully saturated rings. The smallest absolute Gasteiger partial charge is 0.410 e. The number of amides is 1. The zero-order valence-corrected chi connectivity index (χ0v) is 9.28. The van der Waals surface area contributed by atoms with Gasteiger partial charge in [-0.15, -0.1) is 0 Å². The summed E-state index contributed by atoms with van der Waals surface area (Å²) < 4.78 is 5.20. The minimum Gasteiger partial charge on any atom is -0.444 e. The number of nitrogens with zero attached hydrogens (tertiary/aromatic N) is 1. The lowest BCUT2D eigenvalue weighted by Crippen LogP contribution is -2.62. The molecule has 0 aromatic rings. The maximum atomic E-state index is 11.5. The molecule has 1 aliphatic rings. The molecule has 0 saturated carbocycles. The average molecular weight is 201 g/mol. The lowest BCUT2D eigenvalue weighted by molar-refractivity contribution is -0.0714. The Morgan fingerprint density at radius 2 is 2.14 bits per heavy atom. The Morgan fingerprint density at radius 3 is 2.50 bits per heavy atom. The average Bonchev–Trinajstić information content (AvgIpc) is 1.97. The van der Waals surface area contributed by atoms with Crippen molar-refractivity contribution >= 4 is 6.09 Å². The van der Waals surface area contributed by atoms with Crippen molar-refractivity contribution in [2.45, 2.75) is 51.9 Å². The van der Waals surface area contributed by atoms with Crippen LogP contribution in [0.1, 0.15) is 34.1 Å². The van der Waals surface area contributed by atoms with Gasteiger partial charge in [0.1, 0.15) is 5.60 Å². The molecule has 4 heteroatoms. The van der Waals surface area contributed by atoms with E-state index in [0.717, 1.165) is 6.42 Å². The van der Waals surface area contributed by atoms with Gasteiger partial charge in [0.2, 0.25) is 0 Å². The van der Waals surface area contributed by atoms with Gasteiger partial charge in [-0.25, -0.2) is 4.79 Å². The van der Waals surface area contributed by atoms with Gasteiger partial charge in [0.15, 0.2) is 0 Å². The third-order valence-electron chi connectivity index (χ3n) is 2.27. The molecular formula is C10H19NO3. The summed E-state index contributed by atoms with van der Waals surface area (Å²) in [5.41, 5.74) is -0.462. The molecule has 1 amide bonds. The van der Waals surface area contributed by atoms with Gasteiger partial charge in [0.05, 0.1) is 18.7 Å². The van der Waals surface area contributed by atoms with E-state index >= 15 is 0 Å². The van der Waals surface area contributed by atoms with Crippen LogP contribution < -0.4 is 0 Å². The van der Waals surface area contributed by atoms with Gasteiger partial charge >= 0.3 is 6.09 Å². The maximum absolute atomic E-state index is 11.5. The van der Waals surface area contributed by atoms with E-state index in [1.807, 2.05) is 27.7 Å². The summed E-state index contributed by atoms with van der Waals surface area (Å²) in [6.07, 6.45) is 0.0580. The number of aliphatic hydroxyl groups excluding tert-OH is 1. The van der Waals surface area contributed by atoms with Crippen molar-refractivity contribution in [1.82, 2.24) is 4.90 Å². The van der Waals surface area contributed by atoms with E-state index in [1.54, 1.807) is 4.90 Å². The Kier molecular flexibility index (Phi) is 3.04. The van der Waals surface area contributed by atoms with Crippen molar-refractivity contribution in [2.75, 3.05) is 6.54 Å². The molecule has 1 heterocycles. The zero-order chi connectivity index (χ0) is 10.9. The quantitative estimate of drug-likeness (QED) is 0.697. The molecule has 0 aromatic heterocycles. The van der Waals surface area contributed by atoms with Gasteiger partial charge in [0, 0.05) is 0 Å². The Balaban J connectivity index is 2.47. The topological polar surface area (TPSA) is 49.8 Å². The molecule has 0 radical (unpaired) electrons. The van der Waals surface area contributed by atoms with Gasteiger partial charge in [-0.1, -0.05) is 6.92 Å². The van der Waals surface area contributed by atoms with Crippen molar-refractivity contribution in [3.8, 4) is 0 Å². The van der Waals surface area contributed by atoms with E-state index in [2.05, 4.69) is 0 Å². The lowest BCUT2D eigenvalue weighted by Gasteiger charge is -2.44. The highest BCUT2D eigenvalue weighted by Crippen LogP contribution is 2.23. The van der Waals surface area contributed by atoms with Crippen molar-refractivity contribution in [3.05, 3.63) is 0 Å². The Bertz CT molecular complexity index is 222. The number of rotatable bonds is 1. The minimum atomic E-state index is -0.462. The van der Waals surface area contributed by atoms with Crippen LogP contribution in [0, 0.1) is 0 Å². The second kappa shape index (κ2) is 3.77. The first-order valence-electron chi connectivity index (χ1n) is 5.03. The fraction of sp³-hybridized carbons (Fsp3) is 0.900. The predicted octanol–water partition coefficient (Wildman–Crippen LogP) is 1.38. The number of likely N-dealkylation sites (tertiary alicyclic amines) is 1. The Morgan fingerprint density at radius 1 is 1.57 bits per heavy atom. The summed E-state index contributed by atoms with van der Waals surface area (Å²) in [6.45, 7) is 7.85. The van der Waals surface area contributed by atoms with E-state index in [-0.39, 0.29) is 18.2 Å². The largest absolute Gasteiger partial charge is 0.444 e. The number of β-amino-alcohol motifs (C(OH)–C–C–N with tert-alkyl or cyclic N) is 1.